The predicted molar refractivity (Wildman–Crippen MR) is 99.6 cm³/mol. The molecule has 1 fully saturated rings. The van der Waals surface area contributed by atoms with E-state index in [1.807, 2.05) is 30.6 Å². The molecule has 8 nitrogen and oxygen atoms in total. The van der Waals surface area contributed by atoms with Crippen LogP contribution < -0.4 is 10.2 Å². The van der Waals surface area contributed by atoms with Crippen LogP contribution in [-0.2, 0) is 4.79 Å². The maximum atomic E-state index is 12.5. The van der Waals surface area contributed by atoms with Crippen LogP contribution >= 0.6 is 11.3 Å². The molecule has 4 rings (SSSR count). The molecule has 1 amide bonds. The van der Waals surface area contributed by atoms with Crippen molar-refractivity contribution in [3.63, 3.8) is 0 Å². The molecule has 0 radical (unpaired) electrons. The number of nitrogens with zero attached hydrogens (tertiary/aromatic N) is 6. The lowest BCUT2D eigenvalue weighted by atomic mass is 9.97. The monoisotopic (exact) mass is 369 g/mol. The Labute approximate surface area is 154 Å². The summed E-state index contributed by atoms with van der Waals surface area (Å²) in [5, 5.41) is 14.1. The largest absolute Gasteiger partial charge is 0.354 e. The van der Waals surface area contributed by atoms with Gasteiger partial charge in [-0.15, -0.1) is 21.5 Å². The van der Waals surface area contributed by atoms with Crippen LogP contribution in [0.2, 0.25) is 0 Å². The van der Waals surface area contributed by atoms with Crippen molar-refractivity contribution in [2.24, 2.45) is 5.92 Å². The van der Waals surface area contributed by atoms with Gasteiger partial charge in [0.05, 0.1) is 11.6 Å². The summed E-state index contributed by atoms with van der Waals surface area (Å²) in [6, 6.07) is 3.85. The molecular weight excluding hydrogens is 350 g/mol. The summed E-state index contributed by atoms with van der Waals surface area (Å²) in [6.07, 6.45) is 7.02. The Hall–Kier alpha value is -2.81. The van der Waals surface area contributed by atoms with E-state index in [2.05, 4.69) is 30.4 Å². The number of aryl methyl sites for hydroxylation is 1. The van der Waals surface area contributed by atoms with E-state index in [-0.39, 0.29) is 11.8 Å². The van der Waals surface area contributed by atoms with Crippen LogP contribution in [0.4, 0.5) is 10.9 Å². The summed E-state index contributed by atoms with van der Waals surface area (Å²) < 4.78 is 1.80. The standard InChI is InChI=1S/C17H19N7OS/c1-12-10-26-17(19-12)20-16(25)13-3-2-7-23(9-13)14-4-5-15(22-21-14)24-8-6-18-11-24/h4-6,8,10-11,13H,2-3,7,9H2,1H3,(H,19,20,25). The van der Waals surface area contributed by atoms with Gasteiger partial charge in [0.2, 0.25) is 5.91 Å². The van der Waals surface area contributed by atoms with Gasteiger partial charge in [-0.1, -0.05) is 0 Å². The summed E-state index contributed by atoms with van der Waals surface area (Å²) in [5.41, 5.74) is 0.920. The van der Waals surface area contributed by atoms with Crippen LogP contribution in [0.25, 0.3) is 5.82 Å². The number of imidazole rings is 1. The van der Waals surface area contributed by atoms with Gasteiger partial charge in [0.15, 0.2) is 16.8 Å². The molecule has 9 heteroatoms. The molecule has 4 heterocycles. The third kappa shape index (κ3) is 3.57. The summed E-state index contributed by atoms with van der Waals surface area (Å²) in [7, 11) is 0. The first-order valence-corrected chi connectivity index (χ1v) is 9.37. The highest BCUT2D eigenvalue weighted by Gasteiger charge is 2.27. The third-order valence-corrected chi connectivity index (χ3v) is 5.25. The van der Waals surface area contributed by atoms with E-state index in [9.17, 15) is 4.79 Å². The summed E-state index contributed by atoms with van der Waals surface area (Å²) in [5.74, 6) is 1.45. The number of amides is 1. The highest BCUT2D eigenvalue weighted by atomic mass is 32.1. The number of anilines is 2. The zero-order valence-electron chi connectivity index (χ0n) is 14.4. The molecule has 1 unspecified atom stereocenters. The quantitative estimate of drug-likeness (QED) is 0.759. The molecule has 1 saturated heterocycles. The fourth-order valence-corrected chi connectivity index (χ4v) is 3.73. The average Bonchev–Trinajstić information content (AvgIpc) is 3.34. The number of hydrogen-bond acceptors (Lipinski definition) is 7. The van der Waals surface area contributed by atoms with Crippen LogP contribution in [0.5, 0.6) is 0 Å². The van der Waals surface area contributed by atoms with Crippen LogP contribution in [0, 0.1) is 12.8 Å². The van der Waals surface area contributed by atoms with Crippen LogP contribution in [0.1, 0.15) is 18.5 Å². The SMILES string of the molecule is Cc1csc(NC(=O)C2CCCN(c3ccc(-n4ccnc4)nn3)C2)n1. The van der Waals surface area contributed by atoms with Gasteiger partial charge < -0.3 is 10.2 Å². The van der Waals surface area contributed by atoms with Crippen LogP contribution in [-0.4, -0.2) is 43.7 Å². The number of thiazole rings is 1. The van der Waals surface area contributed by atoms with Gasteiger partial charge in [-0.05, 0) is 31.9 Å². The first-order chi connectivity index (χ1) is 12.7. The molecule has 0 spiro atoms. The van der Waals surface area contributed by atoms with Crippen LogP contribution in [0.3, 0.4) is 0 Å². The average molecular weight is 369 g/mol. The Bertz CT molecular complexity index is 875. The van der Waals surface area contributed by atoms with Gasteiger partial charge >= 0.3 is 0 Å². The van der Waals surface area contributed by atoms with Crippen molar-refractivity contribution in [2.75, 3.05) is 23.3 Å². The molecule has 3 aromatic heterocycles. The highest BCUT2D eigenvalue weighted by Crippen LogP contribution is 2.23. The zero-order chi connectivity index (χ0) is 17.9. The van der Waals surface area contributed by atoms with E-state index in [0.29, 0.717) is 11.7 Å². The Balaban J connectivity index is 1.42. The lowest BCUT2D eigenvalue weighted by Gasteiger charge is -2.32. The maximum absolute atomic E-state index is 12.5. The minimum Gasteiger partial charge on any atom is -0.354 e. The van der Waals surface area contributed by atoms with E-state index in [4.69, 9.17) is 0 Å². The van der Waals surface area contributed by atoms with Crippen molar-refractivity contribution in [1.82, 2.24) is 24.7 Å². The minimum atomic E-state index is -0.0805. The van der Waals surface area contributed by atoms with E-state index < -0.39 is 0 Å². The molecule has 0 saturated carbocycles. The van der Waals surface area contributed by atoms with Crippen molar-refractivity contribution >= 4 is 28.2 Å². The van der Waals surface area contributed by atoms with Gasteiger partial charge in [-0.25, -0.2) is 9.97 Å². The van der Waals surface area contributed by atoms with Gasteiger partial charge in [-0.2, -0.15) is 0 Å². The second kappa shape index (κ2) is 7.20. The van der Waals surface area contributed by atoms with Gasteiger partial charge in [0.1, 0.15) is 6.33 Å². The van der Waals surface area contributed by atoms with Crippen molar-refractivity contribution in [2.45, 2.75) is 19.8 Å². The number of carbonyl (C=O) groups excluding carboxylic acids is 1. The molecule has 1 aliphatic rings. The molecule has 3 aromatic rings. The number of carbonyl (C=O) groups is 1. The third-order valence-electron chi connectivity index (χ3n) is 4.37. The molecule has 0 aliphatic carbocycles. The fourth-order valence-electron chi connectivity index (χ4n) is 3.04. The van der Waals surface area contributed by atoms with Gasteiger partial charge in [-0.3, -0.25) is 9.36 Å². The molecule has 0 aromatic carbocycles. The highest BCUT2D eigenvalue weighted by molar-refractivity contribution is 7.13. The number of aromatic nitrogens is 5. The minimum absolute atomic E-state index is 0.0204. The molecule has 134 valence electrons. The van der Waals surface area contributed by atoms with Crippen LogP contribution in [0.15, 0.2) is 36.2 Å². The van der Waals surface area contributed by atoms with Crippen molar-refractivity contribution in [3.8, 4) is 5.82 Å². The van der Waals surface area contributed by atoms with Gasteiger partial charge in [0, 0.05) is 30.9 Å². The Morgan fingerprint density at radius 3 is 2.85 bits per heavy atom. The maximum Gasteiger partial charge on any atom is 0.231 e. The molecule has 26 heavy (non-hydrogen) atoms. The van der Waals surface area contributed by atoms with E-state index in [1.165, 1.54) is 11.3 Å². The lowest BCUT2D eigenvalue weighted by Crippen LogP contribution is -2.41. The van der Waals surface area contributed by atoms with Crippen molar-refractivity contribution < 1.29 is 4.79 Å². The van der Waals surface area contributed by atoms with E-state index >= 15 is 0 Å². The first kappa shape index (κ1) is 16.6. The number of hydrogen-bond donors (Lipinski definition) is 1. The summed E-state index contributed by atoms with van der Waals surface area (Å²) in [4.78, 5) is 23.0. The Kier molecular flexibility index (Phi) is 4.61. The lowest BCUT2D eigenvalue weighted by molar-refractivity contribution is -0.120. The van der Waals surface area contributed by atoms with Crippen molar-refractivity contribution in [3.05, 3.63) is 41.9 Å². The molecular formula is C17H19N7OS. The fraction of sp³-hybridized carbons (Fsp3) is 0.353. The number of piperidine rings is 1. The van der Waals surface area contributed by atoms with E-state index in [0.717, 1.165) is 36.7 Å². The predicted octanol–water partition coefficient (Wildman–Crippen LogP) is 2.28. The van der Waals surface area contributed by atoms with E-state index in [1.54, 1.807) is 17.1 Å². The number of rotatable bonds is 4. The molecule has 1 N–H and O–H groups in total. The normalized spacial score (nSPS) is 17.3. The second-order valence-corrected chi connectivity index (χ2v) is 7.15. The summed E-state index contributed by atoms with van der Waals surface area (Å²) in [6.45, 7) is 3.43. The first-order valence-electron chi connectivity index (χ1n) is 8.49. The Morgan fingerprint density at radius 1 is 1.31 bits per heavy atom. The molecule has 1 atom stereocenters. The second-order valence-electron chi connectivity index (χ2n) is 6.29. The topological polar surface area (TPSA) is 88.8 Å². The number of nitrogens with one attached hydrogen (secondary N) is 1. The smallest absolute Gasteiger partial charge is 0.231 e. The molecule has 0 bridgehead atoms. The summed E-state index contributed by atoms with van der Waals surface area (Å²) >= 11 is 1.45. The van der Waals surface area contributed by atoms with Crippen molar-refractivity contribution in [1.29, 1.82) is 0 Å². The van der Waals surface area contributed by atoms with Gasteiger partial charge in [0.25, 0.3) is 0 Å². The Morgan fingerprint density at radius 2 is 2.15 bits per heavy atom. The molecule has 1 aliphatic heterocycles. The zero-order valence-corrected chi connectivity index (χ0v) is 15.2.